The van der Waals surface area contributed by atoms with Crippen molar-refractivity contribution in [1.29, 1.82) is 0 Å². The molecule has 3 rings (SSSR count). The lowest BCUT2D eigenvalue weighted by atomic mass is 9.97. The van der Waals surface area contributed by atoms with Gasteiger partial charge < -0.3 is 15.0 Å². The SMILES string of the molecule is [B]c1ccc(OCC(=O)Nc2ccc(CN3CCN(CC)CC3)c(C(F)(F)F)c2)cc1. The summed E-state index contributed by atoms with van der Waals surface area (Å²) < 4.78 is 46.3. The van der Waals surface area contributed by atoms with E-state index in [2.05, 4.69) is 17.1 Å². The molecular weight excluding hydrogens is 406 g/mol. The number of carbonyl (C=O) groups is 1. The Morgan fingerprint density at radius 1 is 1.06 bits per heavy atom. The second kappa shape index (κ2) is 10.2. The summed E-state index contributed by atoms with van der Waals surface area (Å²) in [6.45, 7) is 6.07. The maximum Gasteiger partial charge on any atom is 0.416 e. The van der Waals surface area contributed by atoms with Gasteiger partial charge in [-0.25, -0.2) is 0 Å². The van der Waals surface area contributed by atoms with Crippen molar-refractivity contribution in [3.05, 3.63) is 53.6 Å². The van der Waals surface area contributed by atoms with Crippen LogP contribution in [0, 0.1) is 0 Å². The van der Waals surface area contributed by atoms with Crippen LogP contribution in [0.2, 0.25) is 0 Å². The molecule has 9 heteroatoms. The van der Waals surface area contributed by atoms with Gasteiger partial charge in [0.2, 0.25) is 0 Å². The molecule has 0 atom stereocenters. The molecule has 1 aliphatic rings. The van der Waals surface area contributed by atoms with E-state index in [-0.39, 0.29) is 24.4 Å². The van der Waals surface area contributed by atoms with Crippen LogP contribution in [0.3, 0.4) is 0 Å². The summed E-state index contributed by atoms with van der Waals surface area (Å²) in [5, 5.41) is 2.47. The number of likely N-dealkylation sites (N-methyl/N-ethyl adjacent to an activating group) is 1. The molecule has 0 aliphatic carbocycles. The molecule has 0 bridgehead atoms. The average Bonchev–Trinajstić information content (AvgIpc) is 2.74. The smallest absolute Gasteiger partial charge is 0.416 e. The molecule has 1 fully saturated rings. The molecule has 5 nitrogen and oxygen atoms in total. The molecule has 2 radical (unpaired) electrons. The van der Waals surface area contributed by atoms with Crippen molar-refractivity contribution in [2.24, 2.45) is 0 Å². The minimum Gasteiger partial charge on any atom is -0.484 e. The van der Waals surface area contributed by atoms with Gasteiger partial charge in [-0.2, -0.15) is 13.2 Å². The third-order valence-electron chi connectivity index (χ3n) is 5.26. The van der Waals surface area contributed by atoms with Crippen molar-refractivity contribution in [1.82, 2.24) is 9.80 Å². The molecule has 0 spiro atoms. The lowest BCUT2D eigenvalue weighted by Crippen LogP contribution is -2.45. The normalized spacial score (nSPS) is 15.6. The highest BCUT2D eigenvalue weighted by Gasteiger charge is 2.34. The van der Waals surface area contributed by atoms with Crippen LogP contribution in [0.25, 0.3) is 0 Å². The molecular formula is C22H25BF3N3O2. The third-order valence-corrected chi connectivity index (χ3v) is 5.26. The predicted octanol–water partition coefficient (Wildman–Crippen LogP) is 2.65. The van der Waals surface area contributed by atoms with Crippen molar-refractivity contribution in [3.63, 3.8) is 0 Å². The Hall–Kier alpha value is -2.52. The lowest BCUT2D eigenvalue weighted by molar-refractivity contribution is -0.138. The van der Waals surface area contributed by atoms with E-state index in [4.69, 9.17) is 12.6 Å². The minimum atomic E-state index is -4.51. The highest BCUT2D eigenvalue weighted by atomic mass is 19.4. The number of halogens is 3. The zero-order chi connectivity index (χ0) is 22.4. The lowest BCUT2D eigenvalue weighted by Gasteiger charge is -2.34. The second-order valence-corrected chi connectivity index (χ2v) is 7.49. The highest BCUT2D eigenvalue weighted by molar-refractivity contribution is 6.32. The van der Waals surface area contributed by atoms with Gasteiger partial charge >= 0.3 is 6.18 Å². The van der Waals surface area contributed by atoms with Crippen LogP contribution in [0.4, 0.5) is 18.9 Å². The summed E-state index contributed by atoms with van der Waals surface area (Å²) in [5.74, 6) is -0.104. The van der Waals surface area contributed by atoms with E-state index < -0.39 is 17.6 Å². The topological polar surface area (TPSA) is 44.8 Å². The van der Waals surface area contributed by atoms with Crippen molar-refractivity contribution in [2.75, 3.05) is 44.6 Å². The van der Waals surface area contributed by atoms with E-state index in [0.29, 0.717) is 11.2 Å². The van der Waals surface area contributed by atoms with Crippen LogP contribution in [0.1, 0.15) is 18.1 Å². The minimum absolute atomic E-state index is 0.0813. The van der Waals surface area contributed by atoms with Crippen molar-refractivity contribution in [2.45, 2.75) is 19.6 Å². The number of rotatable bonds is 7. The maximum absolute atomic E-state index is 13.7. The van der Waals surface area contributed by atoms with E-state index >= 15 is 0 Å². The number of nitrogens with one attached hydrogen (secondary N) is 1. The van der Waals surface area contributed by atoms with Crippen molar-refractivity contribution < 1.29 is 22.7 Å². The van der Waals surface area contributed by atoms with E-state index in [1.54, 1.807) is 24.3 Å². The fourth-order valence-corrected chi connectivity index (χ4v) is 3.47. The van der Waals surface area contributed by atoms with Gasteiger partial charge in [-0.05, 0) is 36.4 Å². The van der Waals surface area contributed by atoms with Gasteiger partial charge in [-0.15, -0.1) is 0 Å². The molecule has 1 N–H and O–H groups in total. The Morgan fingerprint density at radius 2 is 1.71 bits per heavy atom. The zero-order valence-corrected chi connectivity index (χ0v) is 17.4. The number of piperazine rings is 1. The summed E-state index contributed by atoms with van der Waals surface area (Å²) in [4.78, 5) is 16.4. The number of carbonyl (C=O) groups excluding carboxylic acids is 1. The van der Waals surface area contributed by atoms with Gasteiger partial charge in [0.25, 0.3) is 5.91 Å². The van der Waals surface area contributed by atoms with E-state index in [1.165, 1.54) is 12.1 Å². The summed E-state index contributed by atoms with van der Waals surface area (Å²) in [6.07, 6.45) is -4.51. The molecule has 1 aliphatic heterocycles. The second-order valence-electron chi connectivity index (χ2n) is 7.49. The number of amides is 1. The largest absolute Gasteiger partial charge is 0.484 e. The Kier molecular flexibility index (Phi) is 7.62. The van der Waals surface area contributed by atoms with E-state index in [1.807, 2.05) is 4.90 Å². The molecule has 2 aromatic rings. The molecule has 1 heterocycles. The number of benzene rings is 2. The zero-order valence-electron chi connectivity index (χ0n) is 17.4. The van der Waals surface area contributed by atoms with Crippen LogP contribution in [-0.4, -0.2) is 62.9 Å². The van der Waals surface area contributed by atoms with Crippen LogP contribution in [0.5, 0.6) is 5.75 Å². The molecule has 164 valence electrons. The van der Waals surface area contributed by atoms with Gasteiger partial charge in [0.1, 0.15) is 13.6 Å². The predicted molar refractivity (Wildman–Crippen MR) is 115 cm³/mol. The van der Waals surface area contributed by atoms with Crippen molar-refractivity contribution in [3.8, 4) is 5.75 Å². The molecule has 1 amide bonds. The average molecular weight is 431 g/mol. The first-order valence-corrected chi connectivity index (χ1v) is 10.2. The Morgan fingerprint density at radius 3 is 2.32 bits per heavy atom. The quantitative estimate of drug-likeness (QED) is 0.685. The molecule has 31 heavy (non-hydrogen) atoms. The summed E-state index contributed by atoms with van der Waals surface area (Å²) >= 11 is 0. The van der Waals surface area contributed by atoms with Crippen LogP contribution >= 0.6 is 0 Å². The van der Waals surface area contributed by atoms with Gasteiger partial charge in [0.15, 0.2) is 6.61 Å². The molecule has 0 unspecified atom stereocenters. The monoisotopic (exact) mass is 431 g/mol. The van der Waals surface area contributed by atoms with Gasteiger partial charge in [0.05, 0.1) is 5.56 Å². The van der Waals surface area contributed by atoms with Crippen LogP contribution in [-0.2, 0) is 17.5 Å². The fourth-order valence-electron chi connectivity index (χ4n) is 3.47. The van der Waals surface area contributed by atoms with Crippen molar-refractivity contribution >= 4 is 24.9 Å². The van der Waals surface area contributed by atoms with Gasteiger partial charge in [-0.1, -0.05) is 30.6 Å². The fraction of sp³-hybridized carbons (Fsp3) is 0.409. The molecule has 1 saturated heterocycles. The third kappa shape index (κ3) is 6.73. The number of nitrogens with zero attached hydrogens (tertiary/aromatic N) is 2. The first-order valence-electron chi connectivity index (χ1n) is 10.2. The number of alkyl halides is 3. The molecule has 0 saturated carbocycles. The summed E-state index contributed by atoms with van der Waals surface area (Å²) in [7, 11) is 5.59. The Bertz CT molecular complexity index is 883. The van der Waals surface area contributed by atoms with E-state index in [9.17, 15) is 18.0 Å². The first kappa shape index (κ1) is 23.2. The number of ether oxygens (including phenoxy) is 1. The van der Waals surface area contributed by atoms with Gasteiger partial charge in [0, 0.05) is 38.4 Å². The van der Waals surface area contributed by atoms with E-state index in [0.717, 1.165) is 38.8 Å². The van der Waals surface area contributed by atoms with Crippen LogP contribution < -0.4 is 15.5 Å². The number of hydrogen-bond acceptors (Lipinski definition) is 4. The number of hydrogen-bond donors (Lipinski definition) is 1. The Balaban J connectivity index is 1.63. The highest BCUT2D eigenvalue weighted by Crippen LogP contribution is 2.34. The van der Waals surface area contributed by atoms with Crippen LogP contribution in [0.15, 0.2) is 42.5 Å². The first-order chi connectivity index (χ1) is 14.7. The summed E-state index contributed by atoms with van der Waals surface area (Å²) in [6, 6.07) is 10.4. The van der Waals surface area contributed by atoms with Gasteiger partial charge in [-0.3, -0.25) is 9.69 Å². The summed E-state index contributed by atoms with van der Waals surface area (Å²) in [5.41, 5.74) is 0.109. The number of anilines is 1. The molecule has 0 aromatic heterocycles. The maximum atomic E-state index is 13.7. The molecule has 2 aromatic carbocycles. The Labute approximate surface area is 181 Å². The standard InChI is InChI=1S/C22H25BF3N3O2/c1-2-28-9-11-29(12-10-28)14-16-3-6-18(13-20(16)22(24,25)26)27-21(30)15-31-19-7-4-17(23)5-8-19/h3-8,13H,2,9-12,14-15H2,1H3,(H,27,30).